The summed E-state index contributed by atoms with van der Waals surface area (Å²) >= 11 is 3.41. The molecule has 0 heterocycles. The molecular weight excluding hydrogens is 378 g/mol. The number of carbonyl (C=O) groups excluding carboxylic acids is 1. The molecule has 0 atom stereocenters. The Labute approximate surface area is 147 Å². The van der Waals surface area contributed by atoms with Crippen LogP contribution in [0.1, 0.15) is 5.56 Å². The molecule has 0 saturated carbocycles. The Morgan fingerprint density at radius 2 is 1.96 bits per heavy atom. The molecule has 0 aliphatic carbocycles. The van der Waals surface area contributed by atoms with Crippen molar-refractivity contribution in [2.75, 3.05) is 24.3 Å². The van der Waals surface area contributed by atoms with Crippen molar-refractivity contribution in [3.63, 3.8) is 0 Å². The van der Waals surface area contributed by atoms with Crippen LogP contribution in [0.25, 0.3) is 0 Å². The third-order valence-electron chi connectivity index (χ3n) is 3.24. The number of ether oxygens (including phenoxy) is 1. The maximum Gasteiger partial charge on any atom is 0.296 e. The van der Waals surface area contributed by atoms with Crippen molar-refractivity contribution in [1.82, 2.24) is 0 Å². The highest BCUT2D eigenvalue weighted by Gasteiger charge is 2.17. The van der Waals surface area contributed by atoms with E-state index in [2.05, 4.69) is 26.6 Å². The van der Waals surface area contributed by atoms with Crippen molar-refractivity contribution in [2.45, 2.75) is 6.92 Å². The molecule has 0 fully saturated rings. The molecular formula is C16H16BrN3O4. The molecule has 2 N–H and O–H groups in total. The van der Waals surface area contributed by atoms with Gasteiger partial charge in [-0.3, -0.25) is 14.9 Å². The van der Waals surface area contributed by atoms with Crippen LogP contribution < -0.4 is 15.4 Å². The first-order valence-electron chi connectivity index (χ1n) is 7.03. The van der Waals surface area contributed by atoms with Gasteiger partial charge in [0.2, 0.25) is 5.91 Å². The van der Waals surface area contributed by atoms with Crippen molar-refractivity contribution in [3.05, 3.63) is 56.5 Å². The zero-order chi connectivity index (χ0) is 17.7. The van der Waals surface area contributed by atoms with Crippen LogP contribution in [0.4, 0.5) is 17.1 Å². The average molecular weight is 394 g/mol. The number of aryl methyl sites for hydroxylation is 1. The van der Waals surface area contributed by atoms with Crippen molar-refractivity contribution >= 4 is 38.9 Å². The number of nitro groups is 1. The van der Waals surface area contributed by atoms with Crippen LogP contribution in [0.2, 0.25) is 0 Å². The van der Waals surface area contributed by atoms with Crippen LogP contribution in [-0.2, 0) is 4.79 Å². The summed E-state index contributed by atoms with van der Waals surface area (Å²) in [5.41, 5.74) is 1.75. The second kappa shape index (κ2) is 7.78. The predicted octanol–water partition coefficient (Wildman–Crippen LogP) is 3.72. The second-order valence-corrected chi connectivity index (χ2v) is 5.88. The smallest absolute Gasteiger partial charge is 0.296 e. The number of hydrogen-bond donors (Lipinski definition) is 2. The maximum absolute atomic E-state index is 12.1. The van der Waals surface area contributed by atoms with Gasteiger partial charge in [-0.15, -0.1) is 0 Å². The van der Waals surface area contributed by atoms with Gasteiger partial charge in [0.05, 0.1) is 24.6 Å². The standard InChI is InChI=1S/C16H16BrN3O4/c1-10-3-5-13(12(17)7-10)18-9-16(21)19-14-6-4-11(24-2)8-15(14)20(22)23/h3-8,18H,9H2,1-2H3,(H,19,21). The van der Waals surface area contributed by atoms with Crippen molar-refractivity contribution in [2.24, 2.45) is 0 Å². The fourth-order valence-electron chi connectivity index (χ4n) is 2.03. The summed E-state index contributed by atoms with van der Waals surface area (Å²) in [5, 5.41) is 16.6. The van der Waals surface area contributed by atoms with E-state index in [1.165, 1.54) is 19.2 Å². The van der Waals surface area contributed by atoms with Crippen LogP contribution in [0, 0.1) is 17.0 Å². The lowest BCUT2D eigenvalue weighted by Crippen LogP contribution is -2.22. The molecule has 0 saturated heterocycles. The molecule has 2 aromatic rings. The zero-order valence-electron chi connectivity index (χ0n) is 13.1. The number of rotatable bonds is 6. The first-order chi connectivity index (χ1) is 11.4. The Morgan fingerprint density at radius 3 is 2.58 bits per heavy atom. The summed E-state index contributed by atoms with van der Waals surface area (Å²) in [4.78, 5) is 22.6. The number of methoxy groups -OCH3 is 1. The molecule has 0 unspecified atom stereocenters. The van der Waals surface area contributed by atoms with Gasteiger partial charge in [0, 0.05) is 10.2 Å². The quantitative estimate of drug-likeness (QED) is 0.575. The number of amides is 1. The summed E-state index contributed by atoms with van der Waals surface area (Å²) in [6, 6.07) is 9.94. The molecule has 1 amide bonds. The van der Waals surface area contributed by atoms with Gasteiger partial charge in [0.1, 0.15) is 11.4 Å². The molecule has 0 radical (unpaired) electrons. The number of halogens is 1. The van der Waals surface area contributed by atoms with Gasteiger partial charge in [0.25, 0.3) is 5.69 Å². The number of nitro benzene ring substituents is 1. The molecule has 0 aliphatic rings. The van der Waals surface area contributed by atoms with E-state index in [1.54, 1.807) is 6.07 Å². The van der Waals surface area contributed by atoms with Crippen LogP contribution in [0.5, 0.6) is 5.75 Å². The topological polar surface area (TPSA) is 93.5 Å². The van der Waals surface area contributed by atoms with Crippen LogP contribution in [-0.4, -0.2) is 24.5 Å². The van der Waals surface area contributed by atoms with E-state index < -0.39 is 10.8 Å². The van der Waals surface area contributed by atoms with Gasteiger partial charge < -0.3 is 15.4 Å². The van der Waals surface area contributed by atoms with Gasteiger partial charge >= 0.3 is 0 Å². The Hall–Kier alpha value is -2.61. The Kier molecular flexibility index (Phi) is 5.75. The third-order valence-corrected chi connectivity index (χ3v) is 3.90. The van der Waals surface area contributed by atoms with Crippen molar-refractivity contribution < 1.29 is 14.5 Å². The van der Waals surface area contributed by atoms with Gasteiger partial charge in [-0.25, -0.2) is 0 Å². The molecule has 0 aromatic heterocycles. The minimum Gasteiger partial charge on any atom is -0.496 e. The molecule has 126 valence electrons. The molecule has 0 spiro atoms. The Balaban J connectivity index is 2.05. The highest BCUT2D eigenvalue weighted by Crippen LogP contribution is 2.29. The zero-order valence-corrected chi connectivity index (χ0v) is 14.7. The number of hydrogen-bond acceptors (Lipinski definition) is 5. The monoisotopic (exact) mass is 393 g/mol. The summed E-state index contributed by atoms with van der Waals surface area (Å²) < 4.78 is 5.80. The molecule has 2 aromatic carbocycles. The lowest BCUT2D eigenvalue weighted by Gasteiger charge is -2.10. The summed E-state index contributed by atoms with van der Waals surface area (Å²) in [7, 11) is 1.42. The summed E-state index contributed by atoms with van der Waals surface area (Å²) in [6.45, 7) is 1.94. The van der Waals surface area contributed by atoms with Crippen molar-refractivity contribution in [3.8, 4) is 5.75 Å². The molecule has 0 bridgehead atoms. The fraction of sp³-hybridized carbons (Fsp3) is 0.188. The normalized spacial score (nSPS) is 10.1. The second-order valence-electron chi connectivity index (χ2n) is 5.03. The minimum atomic E-state index is -0.567. The Morgan fingerprint density at radius 1 is 1.25 bits per heavy atom. The van der Waals surface area contributed by atoms with Crippen LogP contribution >= 0.6 is 15.9 Å². The number of anilines is 2. The molecule has 7 nitrogen and oxygen atoms in total. The highest BCUT2D eigenvalue weighted by molar-refractivity contribution is 9.10. The first kappa shape index (κ1) is 17.7. The van der Waals surface area contributed by atoms with E-state index in [0.29, 0.717) is 5.75 Å². The summed E-state index contributed by atoms with van der Waals surface area (Å²) in [6.07, 6.45) is 0. The minimum absolute atomic E-state index is 0.0230. The third kappa shape index (κ3) is 4.45. The fourth-order valence-corrected chi connectivity index (χ4v) is 2.66. The van der Waals surface area contributed by atoms with Gasteiger partial charge in [-0.2, -0.15) is 0 Å². The molecule has 8 heteroatoms. The maximum atomic E-state index is 12.1. The number of benzene rings is 2. The molecule has 24 heavy (non-hydrogen) atoms. The SMILES string of the molecule is COc1ccc(NC(=O)CNc2ccc(C)cc2Br)c([N+](=O)[O-])c1. The van der Waals surface area contributed by atoms with Gasteiger partial charge in [-0.1, -0.05) is 6.07 Å². The van der Waals surface area contributed by atoms with Gasteiger partial charge in [0.15, 0.2) is 0 Å². The van der Waals surface area contributed by atoms with E-state index in [1.807, 2.05) is 25.1 Å². The number of nitrogens with zero attached hydrogens (tertiary/aromatic N) is 1. The molecule has 0 aliphatic heterocycles. The predicted molar refractivity (Wildman–Crippen MR) is 95.6 cm³/mol. The summed E-state index contributed by atoms with van der Waals surface area (Å²) in [5.74, 6) is -0.0443. The average Bonchev–Trinajstić information content (AvgIpc) is 2.54. The largest absolute Gasteiger partial charge is 0.496 e. The van der Waals surface area contributed by atoms with E-state index in [0.717, 1.165) is 15.7 Å². The van der Waals surface area contributed by atoms with Gasteiger partial charge in [-0.05, 0) is 52.7 Å². The van der Waals surface area contributed by atoms with E-state index >= 15 is 0 Å². The first-order valence-corrected chi connectivity index (χ1v) is 7.82. The lowest BCUT2D eigenvalue weighted by atomic mass is 10.2. The number of carbonyl (C=O) groups is 1. The Bertz CT molecular complexity index is 780. The number of nitrogens with one attached hydrogen (secondary N) is 2. The molecule has 2 rings (SSSR count). The van der Waals surface area contributed by atoms with E-state index in [4.69, 9.17) is 4.74 Å². The van der Waals surface area contributed by atoms with E-state index in [-0.39, 0.29) is 17.9 Å². The highest BCUT2D eigenvalue weighted by atomic mass is 79.9. The van der Waals surface area contributed by atoms with Crippen LogP contribution in [0.3, 0.4) is 0 Å². The van der Waals surface area contributed by atoms with Crippen molar-refractivity contribution in [1.29, 1.82) is 0 Å². The lowest BCUT2D eigenvalue weighted by molar-refractivity contribution is -0.384. The van der Waals surface area contributed by atoms with E-state index in [9.17, 15) is 14.9 Å². The van der Waals surface area contributed by atoms with Crippen LogP contribution in [0.15, 0.2) is 40.9 Å².